The van der Waals surface area contributed by atoms with Gasteiger partial charge in [-0.1, -0.05) is 23.2 Å². The Bertz CT molecular complexity index is 600. The molecule has 110 valence electrons. The molecule has 6 heteroatoms. The van der Waals surface area contributed by atoms with E-state index in [1.165, 1.54) is 0 Å². The van der Waals surface area contributed by atoms with Gasteiger partial charge in [0, 0.05) is 15.7 Å². The Morgan fingerprint density at radius 1 is 1.00 bits per heavy atom. The van der Waals surface area contributed by atoms with Gasteiger partial charge < -0.3 is 15.4 Å². The highest BCUT2D eigenvalue weighted by Gasteiger charge is 2.08. The van der Waals surface area contributed by atoms with Crippen molar-refractivity contribution in [2.24, 2.45) is 0 Å². The summed E-state index contributed by atoms with van der Waals surface area (Å²) in [5.74, 6) is 0.624. The molecule has 2 aromatic rings. The van der Waals surface area contributed by atoms with Crippen molar-refractivity contribution in [2.75, 3.05) is 5.32 Å². The maximum atomic E-state index is 11.8. The average Bonchev–Trinajstić information content (AvgIpc) is 2.44. The van der Waals surface area contributed by atoms with E-state index >= 15 is 0 Å². The zero-order valence-corrected chi connectivity index (χ0v) is 12.8. The molecule has 4 nitrogen and oxygen atoms in total. The largest absolute Gasteiger partial charge is 0.471 e. The number of halogens is 2. The molecule has 2 aromatic carbocycles. The second-order valence-electron chi connectivity index (χ2n) is 4.32. The highest BCUT2D eigenvalue weighted by Crippen LogP contribution is 2.16. The number of rotatable bonds is 4. The van der Waals surface area contributed by atoms with Gasteiger partial charge in [-0.15, -0.1) is 0 Å². The van der Waals surface area contributed by atoms with Crippen LogP contribution in [0, 0.1) is 0 Å². The fourth-order valence-corrected chi connectivity index (χ4v) is 1.88. The molecule has 0 aromatic heterocycles. The summed E-state index contributed by atoms with van der Waals surface area (Å²) < 4.78 is 5.55. The van der Waals surface area contributed by atoms with Gasteiger partial charge in [-0.05, 0) is 55.5 Å². The first kappa shape index (κ1) is 15.5. The van der Waals surface area contributed by atoms with Crippen molar-refractivity contribution in [1.82, 2.24) is 5.32 Å². The lowest BCUT2D eigenvalue weighted by Gasteiger charge is -2.16. The molecule has 0 heterocycles. The first-order valence-corrected chi connectivity index (χ1v) is 7.04. The molecule has 2 rings (SSSR count). The van der Waals surface area contributed by atoms with Gasteiger partial charge in [0.2, 0.25) is 0 Å². The Labute approximate surface area is 133 Å². The predicted octanol–water partition coefficient (Wildman–Crippen LogP) is 4.54. The second-order valence-corrected chi connectivity index (χ2v) is 5.19. The first-order valence-electron chi connectivity index (χ1n) is 6.28. The van der Waals surface area contributed by atoms with Crippen molar-refractivity contribution in [2.45, 2.75) is 13.2 Å². The molecule has 0 fully saturated rings. The van der Waals surface area contributed by atoms with Gasteiger partial charge in [0.15, 0.2) is 6.23 Å². The van der Waals surface area contributed by atoms with Crippen LogP contribution in [0.3, 0.4) is 0 Å². The van der Waals surface area contributed by atoms with Crippen LogP contribution in [0.5, 0.6) is 5.75 Å². The van der Waals surface area contributed by atoms with Crippen molar-refractivity contribution in [3.63, 3.8) is 0 Å². The highest BCUT2D eigenvalue weighted by atomic mass is 35.5. The molecule has 0 aliphatic carbocycles. The highest BCUT2D eigenvalue weighted by molar-refractivity contribution is 6.30. The summed E-state index contributed by atoms with van der Waals surface area (Å²) in [6, 6.07) is 13.4. The lowest BCUT2D eigenvalue weighted by atomic mass is 10.3. The van der Waals surface area contributed by atoms with E-state index in [1.807, 2.05) is 0 Å². The van der Waals surface area contributed by atoms with E-state index in [9.17, 15) is 4.79 Å². The Morgan fingerprint density at radius 2 is 1.52 bits per heavy atom. The topological polar surface area (TPSA) is 50.4 Å². The smallest absolute Gasteiger partial charge is 0.322 e. The van der Waals surface area contributed by atoms with E-state index in [0.29, 0.717) is 21.5 Å². The molecule has 0 saturated carbocycles. The zero-order valence-electron chi connectivity index (χ0n) is 11.3. The van der Waals surface area contributed by atoms with Gasteiger partial charge in [-0.2, -0.15) is 0 Å². The summed E-state index contributed by atoms with van der Waals surface area (Å²) in [6.07, 6.45) is -0.488. The van der Waals surface area contributed by atoms with Crippen LogP contribution in [0.15, 0.2) is 48.5 Å². The average molecular weight is 325 g/mol. The molecule has 1 unspecified atom stereocenters. The number of carbonyl (C=O) groups excluding carboxylic acids is 1. The number of carbonyl (C=O) groups is 1. The molecule has 2 N–H and O–H groups in total. The van der Waals surface area contributed by atoms with E-state index in [-0.39, 0.29) is 6.03 Å². The SMILES string of the molecule is CC(NC(=O)Nc1ccc(Cl)cc1)Oc1ccc(Cl)cc1. The van der Waals surface area contributed by atoms with Crippen molar-refractivity contribution < 1.29 is 9.53 Å². The molecule has 0 spiro atoms. The van der Waals surface area contributed by atoms with Gasteiger partial charge in [0.1, 0.15) is 5.75 Å². The Kier molecular flexibility index (Phi) is 5.31. The Morgan fingerprint density at radius 3 is 2.10 bits per heavy atom. The lowest BCUT2D eigenvalue weighted by molar-refractivity contribution is 0.183. The molecule has 0 bridgehead atoms. The third-order valence-corrected chi connectivity index (χ3v) is 3.07. The van der Waals surface area contributed by atoms with Gasteiger partial charge in [0.25, 0.3) is 0 Å². The number of amides is 2. The van der Waals surface area contributed by atoms with E-state index in [2.05, 4.69) is 10.6 Å². The summed E-state index contributed by atoms with van der Waals surface area (Å²) in [5.41, 5.74) is 0.649. The monoisotopic (exact) mass is 324 g/mol. The second kappa shape index (κ2) is 7.20. The molecule has 0 aliphatic heterocycles. The molecule has 0 saturated heterocycles. The molecule has 2 amide bonds. The minimum absolute atomic E-state index is 0.362. The van der Waals surface area contributed by atoms with Crippen LogP contribution in [-0.4, -0.2) is 12.3 Å². The van der Waals surface area contributed by atoms with E-state index in [4.69, 9.17) is 27.9 Å². The van der Waals surface area contributed by atoms with Crippen LogP contribution in [0.2, 0.25) is 10.0 Å². The van der Waals surface area contributed by atoms with E-state index in [0.717, 1.165) is 0 Å². The molecule has 0 aliphatic rings. The zero-order chi connectivity index (χ0) is 15.2. The molecule has 1 atom stereocenters. The van der Waals surface area contributed by atoms with Crippen molar-refractivity contribution in [1.29, 1.82) is 0 Å². The van der Waals surface area contributed by atoms with Crippen molar-refractivity contribution in [3.8, 4) is 5.75 Å². The minimum Gasteiger partial charge on any atom is -0.471 e. The van der Waals surface area contributed by atoms with E-state index in [1.54, 1.807) is 55.5 Å². The van der Waals surface area contributed by atoms with Crippen molar-refractivity contribution >= 4 is 34.9 Å². The van der Waals surface area contributed by atoms with Gasteiger partial charge >= 0.3 is 6.03 Å². The summed E-state index contributed by atoms with van der Waals surface area (Å²) in [7, 11) is 0. The molecular formula is C15H14Cl2N2O2. The first-order chi connectivity index (χ1) is 10.0. The van der Waals surface area contributed by atoms with Crippen LogP contribution in [0.4, 0.5) is 10.5 Å². The third-order valence-electron chi connectivity index (χ3n) is 2.56. The number of ether oxygens (including phenoxy) is 1. The predicted molar refractivity (Wildman–Crippen MR) is 85.1 cm³/mol. The number of hydrogen-bond acceptors (Lipinski definition) is 2. The summed E-state index contributed by atoms with van der Waals surface area (Å²) in [4.78, 5) is 11.8. The van der Waals surface area contributed by atoms with Crippen LogP contribution >= 0.6 is 23.2 Å². The maximum Gasteiger partial charge on any atom is 0.322 e. The van der Waals surface area contributed by atoms with Crippen LogP contribution in [0.1, 0.15) is 6.92 Å². The van der Waals surface area contributed by atoms with Crippen LogP contribution in [-0.2, 0) is 0 Å². The van der Waals surface area contributed by atoms with Gasteiger partial charge in [-0.25, -0.2) is 4.79 Å². The fraction of sp³-hybridized carbons (Fsp3) is 0.133. The number of anilines is 1. The molecule has 21 heavy (non-hydrogen) atoms. The normalized spacial score (nSPS) is 11.6. The summed E-state index contributed by atoms with van der Waals surface area (Å²) in [5, 5.41) is 6.59. The Balaban J connectivity index is 1.84. The minimum atomic E-state index is -0.488. The van der Waals surface area contributed by atoms with Crippen LogP contribution < -0.4 is 15.4 Å². The summed E-state index contributed by atoms with van der Waals surface area (Å²) in [6.45, 7) is 1.73. The van der Waals surface area contributed by atoms with Crippen LogP contribution in [0.25, 0.3) is 0 Å². The quantitative estimate of drug-likeness (QED) is 0.811. The van der Waals surface area contributed by atoms with Gasteiger partial charge in [-0.3, -0.25) is 0 Å². The fourth-order valence-electron chi connectivity index (χ4n) is 1.63. The summed E-state index contributed by atoms with van der Waals surface area (Å²) >= 11 is 11.6. The number of benzene rings is 2. The Hall–Kier alpha value is -1.91. The standard InChI is InChI=1S/C15H14Cl2N2O2/c1-10(21-14-8-4-12(17)5-9-14)18-15(20)19-13-6-2-11(16)3-7-13/h2-10H,1H3,(H2,18,19,20). The lowest BCUT2D eigenvalue weighted by Crippen LogP contribution is -2.39. The van der Waals surface area contributed by atoms with E-state index < -0.39 is 6.23 Å². The number of hydrogen-bond donors (Lipinski definition) is 2. The van der Waals surface area contributed by atoms with Crippen molar-refractivity contribution in [3.05, 3.63) is 58.6 Å². The maximum absolute atomic E-state index is 11.8. The number of nitrogens with one attached hydrogen (secondary N) is 2. The molecule has 0 radical (unpaired) electrons. The number of urea groups is 1. The van der Waals surface area contributed by atoms with Gasteiger partial charge in [0.05, 0.1) is 0 Å². The molecular weight excluding hydrogens is 311 g/mol. The third kappa shape index (κ3) is 5.17.